The van der Waals surface area contributed by atoms with Crippen LogP contribution in [0.4, 0.5) is 0 Å². The first kappa shape index (κ1) is 18.3. The molecule has 4 rings (SSSR count). The Bertz CT molecular complexity index is 970. The molecular weight excluding hydrogens is 381 g/mol. The summed E-state index contributed by atoms with van der Waals surface area (Å²) in [4.78, 5) is 4.35. The highest BCUT2D eigenvalue weighted by Gasteiger charge is 2.47. The number of para-hydroxylation sites is 1. The highest BCUT2D eigenvalue weighted by atomic mass is 35.5. The third-order valence-electron chi connectivity index (χ3n) is 4.92. The number of pyridine rings is 1. The lowest BCUT2D eigenvalue weighted by molar-refractivity contribution is 0.0174. The minimum absolute atomic E-state index is 0.351. The van der Waals surface area contributed by atoms with E-state index in [1.807, 2.05) is 36.5 Å². The SMILES string of the molecule is COc1ccccc1-c1ccncc1C1(OCc2cc(Cl)ccc2Cl)CC1. The van der Waals surface area contributed by atoms with Crippen LogP contribution in [0.3, 0.4) is 0 Å². The third kappa shape index (κ3) is 3.68. The first-order valence-electron chi connectivity index (χ1n) is 8.79. The Kier molecular flexibility index (Phi) is 5.09. The van der Waals surface area contributed by atoms with Crippen molar-refractivity contribution in [3.8, 4) is 16.9 Å². The van der Waals surface area contributed by atoms with Gasteiger partial charge in [0.25, 0.3) is 0 Å². The van der Waals surface area contributed by atoms with Gasteiger partial charge in [-0.05, 0) is 54.3 Å². The van der Waals surface area contributed by atoms with Gasteiger partial charge in [0.15, 0.2) is 0 Å². The molecule has 3 nitrogen and oxygen atoms in total. The quantitative estimate of drug-likeness (QED) is 0.489. The predicted octanol–water partition coefficient (Wildman–Crippen LogP) is 6.27. The molecule has 2 aromatic carbocycles. The normalized spacial score (nSPS) is 14.8. The fourth-order valence-corrected chi connectivity index (χ4v) is 3.70. The standard InChI is InChI=1S/C22H19Cl2NO2/c1-26-21-5-3-2-4-18(21)17-8-11-25-13-19(17)22(9-10-22)27-14-15-12-16(23)6-7-20(15)24/h2-8,11-13H,9-10,14H2,1H3. The van der Waals surface area contributed by atoms with Crippen molar-refractivity contribution < 1.29 is 9.47 Å². The molecular formula is C22H19Cl2NO2. The smallest absolute Gasteiger partial charge is 0.126 e. The molecule has 0 bridgehead atoms. The summed E-state index contributed by atoms with van der Waals surface area (Å²) in [5.41, 5.74) is 3.73. The summed E-state index contributed by atoms with van der Waals surface area (Å²) in [6.07, 6.45) is 5.58. The topological polar surface area (TPSA) is 31.4 Å². The van der Waals surface area contributed by atoms with Crippen molar-refractivity contribution >= 4 is 23.2 Å². The van der Waals surface area contributed by atoms with E-state index in [0.717, 1.165) is 40.8 Å². The average molecular weight is 400 g/mol. The van der Waals surface area contributed by atoms with Gasteiger partial charge in [0.2, 0.25) is 0 Å². The lowest BCUT2D eigenvalue weighted by atomic mass is 9.96. The van der Waals surface area contributed by atoms with Crippen LogP contribution in [0.15, 0.2) is 60.9 Å². The molecule has 138 valence electrons. The molecule has 0 atom stereocenters. The third-order valence-corrected chi connectivity index (χ3v) is 5.53. The lowest BCUT2D eigenvalue weighted by Crippen LogP contribution is -2.14. The molecule has 0 spiro atoms. The zero-order chi connectivity index (χ0) is 18.9. The van der Waals surface area contributed by atoms with Crippen molar-refractivity contribution in [3.63, 3.8) is 0 Å². The van der Waals surface area contributed by atoms with Gasteiger partial charge in [0, 0.05) is 33.6 Å². The summed E-state index contributed by atoms with van der Waals surface area (Å²) < 4.78 is 11.9. The van der Waals surface area contributed by atoms with E-state index in [0.29, 0.717) is 16.7 Å². The van der Waals surface area contributed by atoms with E-state index in [1.165, 1.54) is 0 Å². The molecule has 1 heterocycles. The van der Waals surface area contributed by atoms with E-state index in [4.69, 9.17) is 32.7 Å². The van der Waals surface area contributed by atoms with Crippen molar-refractivity contribution in [2.75, 3.05) is 7.11 Å². The molecule has 0 radical (unpaired) electrons. The molecule has 1 fully saturated rings. The molecule has 1 aliphatic carbocycles. The molecule has 1 saturated carbocycles. The Hall–Kier alpha value is -2.07. The molecule has 1 aromatic heterocycles. The molecule has 27 heavy (non-hydrogen) atoms. The van der Waals surface area contributed by atoms with Gasteiger partial charge in [-0.2, -0.15) is 0 Å². The van der Waals surface area contributed by atoms with Crippen LogP contribution >= 0.6 is 23.2 Å². The van der Waals surface area contributed by atoms with Crippen LogP contribution in [0, 0.1) is 0 Å². The largest absolute Gasteiger partial charge is 0.496 e. The lowest BCUT2D eigenvalue weighted by Gasteiger charge is -2.21. The van der Waals surface area contributed by atoms with Crippen LogP contribution in [-0.2, 0) is 16.9 Å². The van der Waals surface area contributed by atoms with Crippen LogP contribution in [0.25, 0.3) is 11.1 Å². The number of ether oxygens (including phenoxy) is 2. The molecule has 1 aliphatic rings. The van der Waals surface area contributed by atoms with Crippen LogP contribution in [0.1, 0.15) is 24.0 Å². The first-order valence-corrected chi connectivity index (χ1v) is 9.54. The Morgan fingerprint density at radius 2 is 1.85 bits per heavy atom. The number of hydrogen-bond acceptors (Lipinski definition) is 3. The van der Waals surface area contributed by atoms with E-state index in [1.54, 1.807) is 25.4 Å². The number of methoxy groups -OCH3 is 1. The van der Waals surface area contributed by atoms with Crippen molar-refractivity contribution in [3.05, 3.63) is 82.1 Å². The van der Waals surface area contributed by atoms with E-state index in [-0.39, 0.29) is 5.60 Å². The minimum atomic E-state index is -0.351. The van der Waals surface area contributed by atoms with Gasteiger partial charge in [0.1, 0.15) is 5.75 Å². The number of halogens is 2. The van der Waals surface area contributed by atoms with Gasteiger partial charge in [-0.15, -0.1) is 0 Å². The highest BCUT2D eigenvalue weighted by Crippen LogP contribution is 2.53. The summed E-state index contributed by atoms with van der Waals surface area (Å²) in [5, 5.41) is 1.31. The first-order chi connectivity index (χ1) is 13.1. The summed E-state index contributed by atoms with van der Waals surface area (Å²) in [6, 6.07) is 15.4. The molecule has 0 saturated heterocycles. The summed E-state index contributed by atoms with van der Waals surface area (Å²) in [5.74, 6) is 0.832. The van der Waals surface area contributed by atoms with Crippen molar-refractivity contribution in [2.45, 2.75) is 25.0 Å². The molecule has 0 N–H and O–H groups in total. The van der Waals surface area contributed by atoms with Crippen LogP contribution in [0.5, 0.6) is 5.75 Å². The molecule has 0 amide bonds. The maximum absolute atomic E-state index is 6.36. The van der Waals surface area contributed by atoms with Gasteiger partial charge >= 0.3 is 0 Å². The molecule has 3 aromatic rings. The van der Waals surface area contributed by atoms with Crippen LogP contribution in [0.2, 0.25) is 10.0 Å². The van der Waals surface area contributed by atoms with Gasteiger partial charge in [-0.25, -0.2) is 0 Å². The molecule has 0 unspecified atom stereocenters. The fraction of sp³-hybridized carbons (Fsp3) is 0.227. The number of nitrogens with zero attached hydrogens (tertiary/aromatic N) is 1. The Morgan fingerprint density at radius 3 is 2.63 bits per heavy atom. The van der Waals surface area contributed by atoms with Crippen LogP contribution in [-0.4, -0.2) is 12.1 Å². The van der Waals surface area contributed by atoms with E-state index in [2.05, 4.69) is 11.1 Å². The fourth-order valence-electron chi connectivity index (χ4n) is 3.33. The Morgan fingerprint density at radius 1 is 1.04 bits per heavy atom. The highest BCUT2D eigenvalue weighted by molar-refractivity contribution is 6.33. The summed E-state index contributed by atoms with van der Waals surface area (Å²) in [6.45, 7) is 0.402. The number of hydrogen-bond donors (Lipinski definition) is 0. The van der Waals surface area contributed by atoms with E-state index >= 15 is 0 Å². The number of benzene rings is 2. The molecule has 0 aliphatic heterocycles. The maximum Gasteiger partial charge on any atom is 0.126 e. The van der Waals surface area contributed by atoms with Gasteiger partial charge in [-0.1, -0.05) is 41.4 Å². The number of aromatic nitrogens is 1. The second-order valence-corrected chi connectivity index (χ2v) is 7.48. The zero-order valence-corrected chi connectivity index (χ0v) is 16.4. The van der Waals surface area contributed by atoms with Crippen molar-refractivity contribution in [1.29, 1.82) is 0 Å². The van der Waals surface area contributed by atoms with E-state index in [9.17, 15) is 0 Å². The number of rotatable bonds is 6. The van der Waals surface area contributed by atoms with Crippen molar-refractivity contribution in [2.24, 2.45) is 0 Å². The molecule has 5 heteroatoms. The monoisotopic (exact) mass is 399 g/mol. The Labute approximate surface area is 168 Å². The predicted molar refractivity (Wildman–Crippen MR) is 108 cm³/mol. The second-order valence-electron chi connectivity index (χ2n) is 6.64. The van der Waals surface area contributed by atoms with E-state index < -0.39 is 0 Å². The summed E-state index contributed by atoms with van der Waals surface area (Å²) in [7, 11) is 1.68. The second kappa shape index (κ2) is 7.51. The maximum atomic E-state index is 6.36. The Balaban J connectivity index is 1.66. The van der Waals surface area contributed by atoms with Gasteiger partial charge in [-0.3, -0.25) is 4.98 Å². The summed E-state index contributed by atoms with van der Waals surface area (Å²) >= 11 is 12.4. The van der Waals surface area contributed by atoms with Gasteiger partial charge < -0.3 is 9.47 Å². The van der Waals surface area contributed by atoms with Crippen molar-refractivity contribution in [1.82, 2.24) is 4.98 Å². The average Bonchev–Trinajstić information content (AvgIpc) is 3.50. The van der Waals surface area contributed by atoms with Crippen LogP contribution < -0.4 is 4.74 Å². The van der Waals surface area contributed by atoms with Gasteiger partial charge in [0.05, 0.1) is 19.3 Å². The zero-order valence-electron chi connectivity index (χ0n) is 14.9. The minimum Gasteiger partial charge on any atom is -0.496 e.